The van der Waals surface area contributed by atoms with Gasteiger partial charge in [0.1, 0.15) is 0 Å². The van der Waals surface area contributed by atoms with Crippen LogP contribution in [-0.2, 0) is 47.0 Å². The fourth-order valence-electron chi connectivity index (χ4n) is 0.131. The van der Waals surface area contributed by atoms with Crippen LogP contribution >= 0.6 is 0 Å². The van der Waals surface area contributed by atoms with Crippen molar-refractivity contribution >= 4 is 12.3 Å². The van der Waals surface area contributed by atoms with Crippen LogP contribution in [0.5, 0.6) is 0 Å². The Morgan fingerprint density at radius 1 is 1.75 bits per heavy atom. The molecule has 0 spiro atoms. The van der Waals surface area contributed by atoms with Crippen LogP contribution in [0.15, 0.2) is 0 Å². The van der Waals surface area contributed by atoms with Gasteiger partial charge in [-0.3, -0.25) is 11.1 Å². The fourth-order valence-corrected chi connectivity index (χ4v) is 0.131. The molecule has 8 heavy (non-hydrogen) atoms. The molecule has 1 radical (unpaired) electrons. The fraction of sp³-hybridized carbons (Fsp3) is 0.500. The monoisotopic (exact) mass is 190 g/mol. The maximum absolute atomic E-state index is 9.93. The Hall–Kier alpha value is 0.244. The molecule has 0 bridgehead atoms. The van der Waals surface area contributed by atoms with Crippen LogP contribution in [-0.4, -0.2) is 19.4 Å². The molecule has 0 aromatic carbocycles. The molecule has 0 fully saturated rings. The van der Waals surface area contributed by atoms with Gasteiger partial charge in [-0.25, -0.2) is 0 Å². The van der Waals surface area contributed by atoms with Gasteiger partial charge in [0, 0.05) is 32.7 Å². The number of hydrogen-bond acceptors (Lipinski definition) is 3. The van der Waals surface area contributed by atoms with Gasteiger partial charge in [-0.2, -0.15) is 0 Å². The van der Waals surface area contributed by atoms with Gasteiger partial charge >= 0.3 is 0 Å². The van der Waals surface area contributed by atoms with Crippen molar-refractivity contribution in [3.8, 4) is 0 Å². The van der Waals surface area contributed by atoms with E-state index in [2.05, 4.69) is 4.74 Å². The molecular weight excluding hydrogens is 185 g/mol. The smallest absolute Gasteiger partial charge is 0.278 e. The summed E-state index contributed by atoms with van der Waals surface area (Å²) in [5.74, 6) is -0.546. The van der Waals surface area contributed by atoms with Crippen molar-refractivity contribution in [2.45, 2.75) is 6.42 Å². The third-order valence-electron chi connectivity index (χ3n) is 0.444. The molecule has 0 amide bonds. The predicted molar refractivity (Wildman–Crippen MR) is 22.3 cm³/mol. The Balaban J connectivity index is 0. The first-order valence-electron chi connectivity index (χ1n) is 1.73. The van der Waals surface area contributed by atoms with E-state index in [0.29, 0.717) is 0 Å². The van der Waals surface area contributed by atoms with Crippen LogP contribution in [0.3, 0.4) is 0 Å². The van der Waals surface area contributed by atoms with E-state index in [0.717, 1.165) is 0 Å². The van der Waals surface area contributed by atoms with Crippen LogP contribution < -0.4 is 0 Å². The summed E-state index contributed by atoms with van der Waals surface area (Å²) >= 11 is 0. The standard InChI is InChI=1S/C4H5O3.Y/c1-7-4(6)2-3-5;/h2H2,1H3;/q-1;. The average molecular weight is 190 g/mol. The molecule has 0 atom stereocenters. The first-order chi connectivity index (χ1) is 3.31. The molecule has 0 N–H and O–H groups in total. The zero-order valence-corrected chi connectivity index (χ0v) is 7.35. The average Bonchev–Trinajstić information content (AvgIpc) is 1.68. The normalized spacial score (nSPS) is 6.62. The molecular formula is C4H5O3Y-. The quantitative estimate of drug-likeness (QED) is 0.339. The van der Waals surface area contributed by atoms with Crippen molar-refractivity contribution in [1.82, 2.24) is 0 Å². The van der Waals surface area contributed by atoms with Gasteiger partial charge < -0.3 is 9.53 Å². The minimum absolute atomic E-state index is 0. The number of rotatable bonds is 2. The number of ether oxygens (including phenoxy) is 1. The van der Waals surface area contributed by atoms with E-state index < -0.39 is 5.97 Å². The Bertz CT molecular complexity index is 81.4. The Morgan fingerprint density at radius 2 is 2.25 bits per heavy atom. The second-order valence-corrected chi connectivity index (χ2v) is 0.897. The Kier molecular flexibility index (Phi) is 10.0. The molecule has 0 aromatic heterocycles. The van der Waals surface area contributed by atoms with Crippen LogP contribution in [0.4, 0.5) is 0 Å². The van der Waals surface area contributed by atoms with Gasteiger partial charge in [0.15, 0.2) is 0 Å². The molecule has 0 saturated heterocycles. The Labute approximate surface area is 72.7 Å². The molecule has 0 aromatic rings. The predicted octanol–water partition coefficient (Wildman–Crippen LogP) is -0.343. The number of hydrogen-bond donors (Lipinski definition) is 0. The molecule has 0 heterocycles. The number of carbonyl (C=O) groups excluding carboxylic acids is 2. The van der Waals surface area contributed by atoms with Crippen molar-refractivity contribution < 1.29 is 47.0 Å². The summed E-state index contributed by atoms with van der Waals surface area (Å²) in [6, 6.07) is 0. The van der Waals surface area contributed by atoms with Crippen LogP contribution in [0.1, 0.15) is 6.42 Å². The molecule has 0 rings (SSSR count). The van der Waals surface area contributed by atoms with Crippen LogP contribution in [0.2, 0.25) is 0 Å². The van der Waals surface area contributed by atoms with Gasteiger partial charge in [0.05, 0.1) is 7.11 Å². The SMILES string of the molecule is COC(=O)C[C-]=O.[Y]. The first kappa shape index (κ1) is 11.1. The molecule has 0 aliphatic rings. The topological polar surface area (TPSA) is 43.4 Å². The molecule has 43 valence electrons. The first-order valence-corrected chi connectivity index (χ1v) is 1.73. The van der Waals surface area contributed by atoms with Crippen LogP contribution in [0, 0.1) is 0 Å². The van der Waals surface area contributed by atoms with E-state index in [1.54, 1.807) is 0 Å². The van der Waals surface area contributed by atoms with Gasteiger partial charge in [-0.15, -0.1) is 0 Å². The van der Waals surface area contributed by atoms with E-state index in [4.69, 9.17) is 0 Å². The molecule has 0 aliphatic heterocycles. The summed E-state index contributed by atoms with van der Waals surface area (Å²) in [6.07, 6.45) is 1.13. The number of carbonyl (C=O) groups is 1. The van der Waals surface area contributed by atoms with Crippen molar-refractivity contribution in [1.29, 1.82) is 0 Å². The summed E-state index contributed by atoms with van der Waals surface area (Å²) in [7, 11) is 1.22. The number of methoxy groups -OCH3 is 1. The molecule has 0 unspecified atom stereocenters. The maximum atomic E-state index is 9.93. The summed E-state index contributed by atoms with van der Waals surface area (Å²) in [6.45, 7) is 0. The molecule has 4 heteroatoms. The molecule has 0 saturated carbocycles. The maximum Gasteiger partial charge on any atom is 0.278 e. The van der Waals surface area contributed by atoms with Gasteiger partial charge in [0.2, 0.25) is 0 Å². The molecule has 3 nitrogen and oxygen atoms in total. The van der Waals surface area contributed by atoms with Gasteiger partial charge in [0.25, 0.3) is 5.97 Å². The zero-order chi connectivity index (χ0) is 5.70. The minimum atomic E-state index is -0.546. The van der Waals surface area contributed by atoms with Gasteiger partial charge in [-0.05, 0) is 0 Å². The third kappa shape index (κ3) is 6.24. The van der Waals surface area contributed by atoms with E-state index >= 15 is 0 Å². The summed E-state index contributed by atoms with van der Waals surface area (Å²) in [5.41, 5.74) is 0. The summed E-state index contributed by atoms with van der Waals surface area (Å²) < 4.78 is 4.09. The van der Waals surface area contributed by atoms with Crippen LogP contribution in [0.25, 0.3) is 0 Å². The van der Waals surface area contributed by atoms with Crippen molar-refractivity contribution in [2.75, 3.05) is 7.11 Å². The second kappa shape index (κ2) is 7.24. The third-order valence-corrected chi connectivity index (χ3v) is 0.444. The van der Waals surface area contributed by atoms with E-state index in [9.17, 15) is 9.59 Å². The minimum Gasteiger partial charge on any atom is -0.541 e. The molecule has 0 aliphatic carbocycles. The summed E-state index contributed by atoms with van der Waals surface area (Å²) in [5, 5.41) is 0. The van der Waals surface area contributed by atoms with E-state index in [1.807, 2.05) is 0 Å². The largest absolute Gasteiger partial charge is 0.541 e. The Morgan fingerprint density at radius 3 is 2.38 bits per heavy atom. The van der Waals surface area contributed by atoms with Crippen molar-refractivity contribution in [3.05, 3.63) is 0 Å². The zero-order valence-electron chi connectivity index (χ0n) is 4.51. The summed E-state index contributed by atoms with van der Waals surface area (Å²) in [4.78, 5) is 19.3. The van der Waals surface area contributed by atoms with Gasteiger partial charge in [-0.1, -0.05) is 6.42 Å². The number of esters is 1. The van der Waals surface area contributed by atoms with E-state index in [1.165, 1.54) is 13.4 Å². The second-order valence-electron chi connectivity index (χ2n) is 0.897. The van der Waals surface area contributed by atoms with E-state index in [-0.39, 0.29) is 39.1 Å². The van der Waals surface area contributed by atoms with Crippen molar-refractivity contribution in [3.63, 3.8) is 0 Å². The van der Waals surface area contributed by atoms with Crippen molar-refractivity contribution in [2.24, 2.45) is 0 Å².